The third kappa shape index (κ3) is 23.0. The number of phosphoric acid groups is 3. The lowest BCUT2D eigenvalue weighted by molar-refractivity contribution is -0.137. The summed E-state index contributed by atoms with van der Waals surface area (Å²) < 4.78 is 62.4. The maximum absolute atomic E-state index is 12.7. The van der Waals surface area contributed by atoms with Gasteiger partial charge in [0.2, 0.25) is 11.8 Å². The molecule has 3 heterocycles. The lowest BCUT2D eigenvalue weighted by Gasteiger charge is -2.30. The molecule has 0 bridgehead atoms. The van der Waals surface area contributed by atoms with E-state index in [0.717, 1.165) is 54.7 Å². The minimum atomic E-state index is -5.59. The first-order valence-electron chi connectivity index (χ1n) is 23.5. The summed E-state index contributed by atoms with van der Waals surface area (Å²) in [6.45, 7) is 2.58. The van der Waals surface area contributed by atoms with Gasteiger partial charge in [0.05, 0.1) is 26.0 Å². The van der Waals surface area contributed by atoms with Crippen LogP contribution in [0.4, 0.5) is 5.82 Å². The molecule has 70 heavy (non-hydrogen) atoms. The third-order valence-corrected chi connectivity index (χ3v) is 15.1. The molecule has 0 radical (unpaired) electrons. The topological polar surface area (TPSA) is 381 Å². The standard InChI is InChI=1S/C41H72N7O18P3S/c1-4-5-6-7-8-9-10-11-12-13-14-15-16-17-18-19-29(49)24-32(51)70-23-22-43-31(50)20-21-44-39(54)36(53)41(2,3)26-63-69(60,61)66-68(58,59)62-25-30-35(65-67(55,56)57)34(52)40(64-30)48-28-47-33-37(42)45-27-46-38(33)48/h27-28,30,34-36,40,52-53H,4-26H2,1-3H3,(H,43,50)(H,44,54)(H,58,59)(H,60,61)(H2,42,45,46)(H2,55,56,57). The number of hydrogen-bond acceptors (Lipinski definition) is 19. The van der Waals surface area contributed by atoms with E-state index in [1.807, 2.05) is 0 Å². The van der Waals surface area contributed by atoms with Gasteiger partial charge in [0.25, 0.3) is 0 Å². The van der Waals surface area contributed by atoms with Crippen molar-refractivity contribution in [1.29, 1.82) is 0 Å². The molecule has 0 aliphatic carbocycles. The average molecular weight is 1080 g/mol. The van der Waals surface area contributed by atoms with Crippen LogP contribution in [-0.4, -0.2) is 128 Å². The number of ketones is 1. The Labute approximate surface area is 412 Å². The normalized spacial score (nSPS) is 19.7. The molecule has 2 aromatic heterocycles. The summed E-state index contributed by atoms with van der Waals surface area (Å²) in [5.74, 6) is -1.39. The largest absolute Gasteiger partial charge is 0.481 e. The fourth-order valence-electron chi connectivity index (χ4n) is 7.29. The van der Waals surface area contributed by atoms with E-state index in [1.165, 1.54) is 84.5 Å². The summed E-state index contributed by atoms with van der Waals surface area (Å²) >= 11 is 0.942. The quantitative estimate of drug-likeness (QED) is 0.0247. The van der Waals surface area contributed by atoms with E-state index >= 15 is 0 Å². The number of anilines is 1. The van der Waals surface area contributed by atoms with Gasteiger partial charge in [-0.3, -0.25) is 37.3 Å². The number of carbonyl (C=O) groups is 4. The second kappa shape index (κ2) is 30.4. The van der Waals surface area contributed by atoms with Gasteiger partial charge in [-0.15, -0.1) is 0 Å². The SMILES string of the molecule is CCCCCCCCCCCCCCCCCC(=O)CC(=O)SCCNC(=O)CCNC(=O)C(O)C(C)(C)COP(=O)(O)OP(=O)(O)OCC1OC(n2cnc3c(N)ncnc32)C(O)C1OP(=O)(O)O. The maximum atomic E-state index is 12.7. The van der Waals surface area contributed by atoms with Gasteiger partial charge in [-0.1, -0.05) is 122 Å². The van der Waals surface area contributed by atoms with Crippen molar-refractivity contribution in [2.75, 3.05) is 37.8 Å². The molecule has 25 nitrogen and oxygen atoms in total. The highest BCUT2D eigenvalue weighted by molar-refractivity contribution is 8.13. The lowest BCUT2D eigenvalue weighted by atomic mass is 9.87. The van der Waals surface area contributed by atoms with Crippen molar-refractivity contribution in [3.05, 3.63) is 12.7 Å². The van der Waals surface area contributed by atoms with Crippen LogP contribution in [0.5, 0.6) is 0 Å². The van der Waals surface area contributed by atoms with Crippen LogP contribution in [0, 0.1) is 5.41 Å². The summed E-state index contributed by atoms with van der Waals surface area (Å²) in [7, 11) is -16.4. The van der Waals surface area contributed by atoms with E-state index in [9.17, 15) is 62.7 Å². The molecular weight excluding hydrogens is 1000 g/mol. The number of thioether (sulfide) groups is 1. The Hall–Kier alpha value is -2.77. The molecule has 0 saturated carbocycles. The Bertz CT molecular complexity index is 2120. The summed E-state index contributed by atoms with van der Waals surface area (Å²) in [4.78, 5) is 101. The number of unbranched alkanes of at least 4 members (excludes halogenated alkanes) is 14. The number of nitrogen functional groups attached to an aromatic ring is 1. The molecule has 7 unspecified atom stereocenters. The number of aliphatic hydroxyl groups is 2. The third-order valence-electron chi connectivity index (χ3n) is 11.2. The minimum Gasteiger partial charge on any atom is -0.386 e. The summed E-state index contributed by atoms with van der Waals surface area (Å²) in [6, 6.07) is 0. The molecule has 1 saturated heterocycles. The molecule has 29 heteroatoms. The zero-order valence-corrected chi connectivity index (χ0v) is 43.5. The number of rotatable bonds is 37. The fraction of sp³-hybridized carbons (Fsp3) is 0.780. The zero-order valence-electron chi connectivity index (χ0n) is 40.0. The van der Waals surface area contributed by atoms with Crippen LogP contribution in [-0.2, 0) is 55.5 Å². The Kier molecular flexibility index (Phi) is 26.7. The summed E-state index contributed by atoms with van der Waals surface area (Å²) in [5.41, 5.74) is 4.25. The summed E-state index contributed by atoms with van der Waals surface area (Å²) in [6.07, 6.45) is 11.6. The summed E-state index contributed by atoms with van der Waals surface area (Å²) in [5, 5.41) is 26.2. The van der Waals surface area contributed by atoms with Crippen LogP contribution in [0.1, 0.15) is 143 Å². The molecule has 0 aromatic carbocycles. The number of nitrogens with two attached hydrogens (primary N) is 1. The molecule has 3 rings (SSSR count). The number of aliphatic hydroxyl groups excluding tert-OH is 2. The Balaban J connectivity index is 1.28. The van der Waals surface area contributed by atoms with Gasteiger partial charge < -0.3 is 50.9 Å². The Morgan fingerprint density at radius 1 is 0.843 bits per heavy atom. The number of Topliss-reactive ketones (excluding diaryl/α,β-unsaturated/α-hetero) is 1. The van der Waals surface area contributed by atoms with Crippen molar-refractivity contribution >= 4 is 74.9 Å². The molecule has 1 aliphatic heterocycles. The highest BCUT2D eigenvalue weighted by atomic mass is 32.2. The molecule has 7 atom stereocenters. The van der Waals surface area contributed by atoms with Crippen molar-refractivity contribution < 1.29 is 85.3 Å². The van der Waals surface area contributed by atoms with Gasteiger partial charge in [0.1, 0.15) is 42.0 Å². The molecule has 0 spiro atoms. The highest BCUT2D eigenvalue weighted by Crippen LogP contribution is 2.61. The average Bonchev–Trinajstić information content (AvgIpc) is 3.84. The van der Waals surface area contributed by atoms with Crippen LogP contribution < -0.4 is 16.4 Å². The fourth-order valence-corrected chi connectivity index (χ4v) is 10.8. The number of nitrogens with zero attached hydrogens (tertiary/aromatic N) is 4. The van der Waals surface area contributed by atoms with E-state index in [2.05, 4.69) is 41.3 Å². The van der Waals surface area contributed by atoms with Crippen molar-refractivity contribution in [1.82, 2.24) is 30.2 Å². The first kappa shape index (κ1) is 61.5. The molecule has 1 aliphatic rings. The monoisotopic (exact) mass is 1080 g/mol. The number of fused-ring (bicyclic) bond motifs is 1. The molecule has 2 amide bonds. The van der Waals surface area contributed by atoms with Crippen molar-refractivity contribution in [2.24, 2.45) is 5.41 Å². The van der Waals surface area contributed by atoms with Crippen LogP contribution in [0.15, 0.2) is 12.7 Å². The maximum Gasteiger partial charge on any atom is 0.481 e. The van der Waals surface area contributed by atoms with Gasteiger partial charge in [-0.25, -0.2) is 28.6 Å². The Morgan fingerprint density at radius 3 is 2.03 bits per heavy atom. The molecular formula is C41H72N7O18P3S. The lowest BCUT2D eigenvalue weighted by Crippen LogP contribution is -2.46. The first-order chi connectivity index (χ1) is 32.9. The number of imidazole rings is 1. The number of aromatic nitrogens is 4. The van der Waals surface area contributed by atoms with Crippen molar-refractivity contribution in [2.45, 2.75) is 167 Å². The predicted octanol–water partition coefficient (Wildman–Crippen LogP) is 4.89. The highest BCUT2D eigenvalue weighted by Gasteiger charge is 2.50. The molecule has 400 valence electrons. The van der Waals surface area contributed by atoms with Gasteiger partial charge >= 0.3 is 23.5 Å². The zero-order chi connectivity index (χ0) is 52.0. The number of phosphoric ester groups is 3. The van der Waals surface area contributed by atoms with E-state index in [1.54, 1.807) is 0 Å². The van der Waals surface area contributed by atoms with Gasteiger partial charge in [0.15, 0.2) is 22.8 Å². The second-order valence-corrected chi connectivity index (χ2v) is 23.1. The van der Waals surface area contributed by atoms with Crippen LogP contribution in [0.3, 0.4) is 0 Å². The molecule has 1 fully saturated rings. The number of ether oxygens (including phenoxy) is 1. The van der Waals surface area contributed by atoms with E-state index < -0.39 is 84.6 Å². The van der Waals surface area contributed by atoms with E-state index in [4.69, 9.17) is 19.5 Å². The minimum absolute atomic E-state index is 0.0267. The first-order valence-corrected chi connectivity index (χ1v) is 29.0. The van der Waals surface area contributed by atoms with Crippen LogP contribution in [0.25, 0.3) is 11.2 Å². The Morgan fingerprint density at radius 2 is 1.43 bits per heavy atom. The number of nitrogens with one attached hydrogen (secondary N) is 2. The van der Waals surface area contributed by atoms with Crippen molar-refractivity contribution in [3.8, 4) is 0 Å². The van der Waals surface area contributed by atoms with Gasteiger partial charge in [0, 0.05) is 37.1 Å². The van der Waals surface area contributed by atoms with Crippen LogP contribution >= 0.6 is 35.2 Å². The van der Waals surface area contributed by atoms with E-state index in [0.29, 0.717) is 6.42 Å². The van der Waals surface area contributed by atoms with E-state index in [-0.39, 0.29) is 59.6 Å². The van der Waals surface area contributed by atoms with Crippen LogP contribution in [0.2, 0.25) is 0 Å². The number of amides is 2. The van der Waals surface area contributed by atoms with Crippen molar-refractivity contribution in [3.63, 3.8) is 0 Å². The number of carbonyl (C=O) groups excluding carboxylic acids is 4. The smallest absolute Gasteiger partial charge is 0.386 e. The number of hydrogen-bond donors (Lipinski definition) is 9. The van der Waals surface area contributed by atoms with Gasteiger partial charge in [-0.2, -0.15) is 4.31 Å². The van der Waals surface area contributed by atoms with Gasteiger partial charge in [-0.05, 0) is 6.42 Å². The predicted molar refractivity (Wildman–Crippen MR) is 256 cm³/mol. The second-order valence-electron chi connectivity index (χ2n) is 17.7. The molecule has 2 aromatic rings. The molecule has 10 N–H and O–H groups in total.